The van der Waals surface area contributed by atoms with Crippen LogP contribution < -0.4 is 20.2 Å². The minimum atomic E-state index is -0.584. The minimum absolute atomic E-state index is 0.00455. The molecule has 0 bridgehead atoms. The van der Waals surface area contributed by atoms with Crippen molar-refractivity contribution in [2.45, 2.75) is 19.4 Å². The van der Waals surface area contributed by atoms with Crippen LogP contribution in [0.1, 0.15) is 30.5 Å². The Kier molecular flexibility index (Phi) is 8.50. The van der Waals surface area contributed by atoms with Gasteiger partial charge in [0.25, 0.3) is 0 Å². The number of nitrogens with one attached hydrogen (secondary N) is 2. The summed E-state index contributed by atoms with van der Waals surface area (Å²) in [4.78, 5) is 24.2. The van der Waals surface area contributed by atoms with E-state index in [9.17, 15) is 9.59 Å². The number of rotatable bonds is 9. The summed E-state index contributed by atoms with van der Waals surface area (Å²) >= 11 is 0. The van der Waals surface area contributed by atoms with Crippen LogP contribution in [0.5, 0.6) is 11.5 Å². The lowest BCUT2D eigenvalue weighted by Gasteiger charge is -2.18. The molecule has 2 aromatic carbocycles. The Hall–Kier alpha value is -3.55. The highest BCUT2D eigenvalue weighted by Crippen LogP contribution is 2.29. The van der Waals surface area contributed by atoms with Crippen LogP contribution in [0.25, 0.3) is 0 Å². The van der Waals surface area contributed by atoms with Gasteiger partial charge in [0.2, 0.25) is 5.91 Å². The Morgan fingerprint density at radius 2 is 1.83 bits per heavy atom. The van der Waals surface area contributed by atoms with Gasteiger partial charge < -0.3 is 19.5 Å². The maximum atomic E-state index is 12.4. The normalized spacial score (nSPS) is 11.6. The molecule has 8 nitrogen and oxygen atoms in total. The molecule has 0 spiro atoms. The van der Waals surface area contributed by atoms with Crippen molar-refractivity contribution in [3.8, 4) is 11.5 Å². The Morgan fingerprint density at radius 1 is 1.07 bits per heavy atom. The van der Waals surface area contributed by atoms with E-state index in [0.29, 0.717) is 17.1 Å². The van der Waals surface area contributed by atoms with Gasteiger partial charge in [-0.05, 0) is 24.6 Å². The minimum Gasteiger partial charge on any atom is -0.493 e. The van der Waals surface area contributed by atoms with E-state index in [4.69, 9.17) is 14.2 Å². The van der Waals surface area contributed by atoms with Crippen molar-refractivity contribution in [2.75, 3.05) is 20.8 Å². The van der Waals surface area contributed by atoms with Crippen molar-refractivity contribution < 1.29 is 23.8 Å². The second kappa shape index (κ2) is 11.3. The highest BCUT2D eigenvalue weighted by Gasteiger charge is 2.18. The van der Waals surface area contributed by atoms with Crippen LogP contribution in [0.3, 0.4) is 0 Å². The standard InChI is InChI=1S/C21H25N3O5/c1-4-29-21(26)23-17(15-9-6-5-7-10-15)13-19(25)24-22-14-16-11-8-12-18(27-2)20(16)28-3/h5-12,14,17H,4,13H2,1-3H3,(H,23,26)(H,24,25)/b22-14-/t17-/m0/s1. The van der Waals surface area contributed by atoms with Gasteiger partial charge in [0.1, 0.15) is 0 Å². The van der Waals surface area contributed by atoms with Crippen molar-refractivity contribution in [1.29, 1.82) is 0 Å². The third-order valence-corrected chi connectivity index (χ3v) is 3.99. The van der Waals surface area contributed by atoms with E-state index in [1.807, 2.05) is 30.3 Å². The molecule has 2 aromatic rings. The number of methoxy groups -OCH3 is 2. The molecule has 0 fully saturated rings. The summed E-state index contributed by atoms with van der Waals surface area (Å²) in [6.45, 7) is 1.96. The predicted molar refractivity (Wildman–Crippen MR) is 109 cm³/mol. The number of benzene rings is 2. The van der Waals surface area contributed by atoms with Crippen molar-refractivity contribution in [1.82, 2.24) is 10.7 Å². The fourth-order valence-corrected chi connectivity index (χ4v) is 2.67. The first-order chi connectivity index (χ1) is 14.1. The zero-order valence-corrected chi connectivity index (χ0v) is 16.7. The zero-order chi connectivity index (χ0) is 21.1. The largest absolute Gasteiger partial charge is 0.493 e. The number of carbonyl (C=O) groups excluding carboxylic acids is 2. The lowest BCUT2D eigenvalue weighted by atomic mass is 10.0. The van der Waals surface area contributed by atoms with Gasteiger partial charge in [-0.25, -0.2) is 10.2 Å². The van der Waals surface area contributed by atoms with Crippen LogP contribution in [-0.2, 0) is 9.53 Å². The first-order valence-corrected chi connectivity index (χ1v) is 9.10. The molecule has 29 heavy (non-hydrogen) atoms. The molecule has 0 radical (unpaired) electrons. The first kappa shape index (κ1) is 21.7. The van der Waals surface area contributed by atoms with E-state index in [0.717, 1.165) is 5.56 Å². The fraction of sp³-hybridized carbons (Fsp3) is 0.286. The molecular formula is C21H25N3O5. The fourth-order valence-electron chi connectivity index (χ4n) is 2.67. The summed E-state index contributed by atoms with van der Waals surface area (Å²) in [5.41, 5.74) is 3.90. The molecule has 0 aliphatic carbocycles. The van der Waals surface area contributed by atoms with Gasteiger partial charge in [0, 0.05) is 5.56 Å². The molecule has 154 valence electrons. The lowest BCUT2D eigenvalue weighted by Crippen LogP contribution is -2.33. The molecule has 0 aromatic heterocycles. The summed E-state index contributed by atoms with van der Waals surface area (Å²) in [7, 11) is 3.07. The third-order valence-electron chi connectivity index (χ3n) is 3.99. The van der Waals surface area contributed by atoms with Crippen LogP contribution in [0.15, 0.2) is 53.6 Å². The third kappa shape index (κ3) is 6.53. The Morgan fingerprint density at radius 3 is 2.48 bits per heavy atom. The molecule has 0 heterocycles. The number of amides is 2. The average molecular weight is 399 g/mol. The van der Waals surface area contributed by atoms with Crippen LogP contribution in [0, 0.1) is 0 Å². The van der Waals surface area contributed by atoms with Crippen molar-refractivity contribution >= 4 is 18.2 Å². The van der Waals surface area contributed by atoms with Crippen LogP contribution in [0.2, 0.25) is 0 Å². The van der Waals surface area contributed by atoms with Crippen LogP contribution in [0.4, 0.5) is 4.79 Å². The monoisotopic (exact) mass is 399 g/mol. The van der Waals surface area contributed by atoms with Gasteiger partial charge in [-0.3, -0.25) is 4.79 Å². The maximum Gasteiger partial charge on any atom is 0.407 e. The molecule has 0 saturated carbocycles. The number of hydrazone groups is 1. The van der Waals surface area contributed by atoms with E-state index < -0.39 is 12.1 Å². The zero-order valence-electron chi connectivity index (χ0n) is 16.7. The van der Waals surface area contributed by atoms with Crippen LogP contribution in [-0.4, -0.2) is 39.0 Å². The molecule has 2 N–H and O–H groups in total. The summed E-state index contributed by atoms with van der Waals surface area (Å²) in [6.07, 6.45) is 0.879. The van der Waals surface area contributed by atoms with Gasteiger partial charge in [0.05, 0.1) is 39.5 Å². The maximum absolute atomic E-state index is 12.4. The van der Waals surface area contributed by atoms with E-state index in [-0.39, 0.29) is 18.9 Å². The van der Waals surface area contributed by atoms with Crippen molar-refractivity contribution in [2.24, 2.45) is 5.10 Å². The number of hydrogen-bond acceptors (Lipinski definition) is 6. The Bertz CT molecular complexity index is 839. The number of hydrogen-bond donors (Lipinski definition) is 2. The number of para-hydroxylation sites is 1. The Balaban J connectivity index is 2.05. The summed E-state index contributed by atoms with van der Waals surface area (Å²) in [6, 6.07) is 14.0. The molecular weight excluding hydrogens is 374 g/mol. The highest BCUT2D eigenvalue weighted by molar-refractivity contribution is 5.86. The van der Waals surface area contributed by atoms with E-state index in [2.05, 4.69) is 15.8 Å². The van der Waals surface area contributed by atoms with Crippen LogP contribution >= 0.6 is 0 Å². The Labute approximate surface area is 169 Å². The quantitative estimate of drug-likeness (QED) is 0.499. The number of ether oxygens (including phenoxy) is 3. The molecule has 0 aliphatic rings. The van der Waals surface area contributed by atoms with Crippen molar-refractivity contribution in [3.05, 3.63) is 59.7 Å². The summed E-state index contributed by atoms with van der Waals surface area (Å²) in [5.74, 6) is 0.707. The van der Waals surface area contributed by atoms with Gasteiger partial charge >= 0.3 is 6.09 Å². The van der Waals surface area contributed by atoms with Gasteiger partial charge in [-0.1, -0.05) is 36.4 Å². The highest BCUT2D eigenvalue weighted by atomic mass is 16.5. The molecule has 1 atom stereocenters. The number of carbonyl (C=O) groups is 2. The van der Waals surface area contributed by atoms with Gasteiger partial charge in [0.15, 0.2) is 11.5 Å². The average Bonchev–Trinajstić information content (AvgIpc) is 2.73. The smallest absolute Gasteiger partial charge is 0.407 e. The van der Waals surface area contributed by atoms with E-state index >= 15 is 0 Å². The molecule has 2 amide bonds. The SMILES string of the molecule is CCOC(=O)N[C@@H](CC(=O)N/N=C\c1cccc(OC)c1OC)c1ccccc1. The van der Waals surface area contributed by atoms with E-state index in [1.165, 1.54) is 13.3 Å². The topological polar surface area (TPSA) is 98.2 Å². The second-order valence-electron chi connectivity index (χ2n) is 5.91. The van der Waals surface area contributed by atoms with Gasteiger partial charge in [-0.2, -0.15) is 5.10 Å². The van der Waals surface area contributed by atoms with Crippen molar-refractivity contribution in [3.63, 3.8) is 0 Å². The van der Waals surface area contributed by atoms with E-state index in [1.54, 1.807) is 32.2 Å². The number of alkyl carbamates (subject to hydrolysis) is 1. The predicted octanol–water partition coefficient (Wildman–Crippen LogP) is 3.03. The summed E-state index contributed by atoms with van der Waals surface area (Å²) < 4.78 is 15.5. The number of nitrogens with zero attached hydrogens (tertiary/aromatic N) is 1. The summed E-state index contributed by atoms with van der Waals surface area (Å²) in [5, 5.41) is 6.68. The molecule has 0 unspecified atom stereocenters. The van der Waals surface area contributed by atoms with Gasteiger partial charge in [-0.15, -0.1) is 0 Å². The molecule has 0 aliphatic heterocycles. The molecule has 2 rings (SSSR count). The lowest BCUT2D eigenvalue weighted by molar-refractivity contribution is -0.121. The first-order valence-electron chi connectivity index (χ1n) is 9.10. The molecule has 0 saturated heterocycles. The molecule has 8 heteroatoms. The second-order valence-corrected chi connectivity index (χ2v) is 5.91.